The first-order chi connectivity index (χ1) is 9.02. The largest absolute Gasteiger partial charge is 0.489 e. The molecule has 0 amide bonds. The highest BCUT2D eigenvalue weighted by Crippen LogP contribution is 2.18. The summed E-state index contributed by atoms with van der Waals surface area (Å²) < 4.78 is 31.6. The van der Waals surface area contributed by atoms with Crippen molar-refractivity contribution in [2.75, 3.05) is 13.1 Å². The van der Waals surface area contributed by atoms with E-state index in [1.165, 1.54) is 6.07 Å². The monoisotopic (exact) mass is 271 g/mol. The highest BCUT2D eigenvalue weighted by molar-refractivity contribution is 5.23. The summed E-state index contributed by atoms with van der Waals surface area (Å²) in [5, 5.41) is 3.32. The predicted molar refractivity (Wildman–Crippen MR) is 73.4 cm³/mol. The molecule has 0 radical (unpaired) electrons. The van der Waals surface area contributed by atoms with E-state index in [0.717, 1.165) is 31.5 Å². The smallest absolute Gasteiger partial charge is 0.162 e. The molecule has 1 N–H and O–H groups in total. The molecule has 1 aromatic rings. The van der Waals surface area contributed by atoms with Crippen LogP contribution in [0.25, 0.3) is 0 Å². The molecule has 0 spiro atoms. The molecular weight excluding hydrogens is 248 g/mol. The fraction of sp³-hybridized carbons (Fsp3) is 0.600. The highest BCUT2D eigenvalue weighted by atomic mass is 19.2. The van der Waals surface area contributed by atoms with Crippen LogP contribution in [0.1, 0.15) is 33.6 Å². The van der Waals surface area contributed by atoms with E-state index in [9.17, 15) is 8.78 Å². The molecule has 1 unspecified atom stereocenters. The summed E-state index contributed by atoms with van der Waals surface area (Å²) >= 11 is 0. The van der Waals surface area contributed by atoms with Crippen molar-refractivity contribution >= 4 is 0 Å². The Morgan fingerprint density at radius 1 is 1.16 bits per heavy atom. The van der Waals surface area contributed by atoms with Gasteiger partial charge in [-0.25, -0.2) is 8.78 Å². The maximum absolute atomic E-state index is 13.1. The van der Waals surface area contributed by atoms with Crippen LogP contribution < -0.4 is 10.1 Å². The number of rotatable bonds is 8. The number of hydrogen-bond acceptors (Lipinski definition) is 2. The van der Waals surface area contributed by atoms with Crippen molar-refractivity contribution in [3.63, 3.8) is 0 Å². The van der Waals surface area contributed by atoms with Crippen molar-refractivity contribution in [3.05, 3.63) is 29.8 Å². The lowest BCUT2D eigenvalue weighted by Gasteiger charge is -2.20. The van der Waals surface area contributed by atoms with Crippen molar-refractivity contribution in [1.29, 1.82) is 0 Å². The Balaban J connectivity index is 2.54. The molecule has 0 fully saturated rings. The van der Waals surface area contributed by atoms with E-state index in [-0.39, 0.29) is 6.10 Å². The van der Waals surface area contributed by atoms with Gasteiger partial charge in [-0.15, -0.1) is 0 Å². The molecule has 2 nitrogen and oxygen atoms in total. The van der Waals surface area contributed by atoms with Crippen LogP contribution in [0.2, 0.25) is 0 Å². The van der Waals surface area contributed by atoms with Gasteiger partial charge in [0.1, 0.15) is 11.9 Å². The molecular formula is C15H23F2NO. The Bertz CT molecular complexity index is 382. The first-order valence-corrected chi connectivity index (χ1v) is 6.85. The lowest BCUT2D eigenvalue weighted by molar-refractivity contribution is 0.184. The fourth-order valence-electron chi connectivity index (χ4n) is 1.80. The van der Waals surface area contributed by atoms with Crippen LogP contribution >= 0.6 is 0 Å². The molecule has 0 aromatic heterocycles. The molecule has 0 saturated carbocycles. The number of benzene rings is 1. The number of ether oxygens (including phenoxy) is 1. The van der Waals surface area contributed by atoms with Gasteiger partial charge in [0, 0.05) is 12.6 Å². The molecule has 0 aliphatic carbocycles. The third-order valence-corrected chi connectivity index (χ3v) is 2.73. The normalized spacial score (nSPS) is 12.7. The quantitative estimate of drug-likeness (QED) is 0.777. The first kappa shape index (κ1) is 15.9. The molecule has 0 saturated heterocycles. The molecule has 1 rings (SSSR count). The summed E-state index contributed by atoms with van der Waals surface area (Å²) in [5.74, 6) is -0.769. The van der Waals surface area contributed by atoms with Gasteiger partial charge in [0.2, 0.25) is 0 Å². The molecule has 0 aliphatic heterocycles. The van der Waals surface area contributed by atoms with E-state index >= 15 is 0 Å². The molecule has 0 heterocycles. The minimum atomic E-state index is -0.872. The van der Waals surface area contributed by atoms with Crippen LogP contribution in [0.4, 0.5) is 8.78 Å². The first-order valence-electron chi connectivity index (χ1n) is 6.85. The molecule has 1 aromatic carbocycles. The van der Waals surface area contributed by atoms with Crippen molar-refractivity contribution in [3.8, 4) is 5.75 Å². The van der Waals surface area contributed by atoms with Gasteiger partial charge in [-0.1, -0.05) is 27.2 Å². The maximum atomic E-state index is 13.1. The van der Waals surface area contributed by atoms with E-state index in [1.807, 2.05) is 0 Å². The van der Waals surface area contributed by atoms with Gasteiger partial charge in [0.15, 0.2) is 11.6 Å². The van der Waals surface area contributed by atoms with Crippen LogP contribution in [-0.2, 0) is 0 Å². The summed E-state index contributed by atoms with van der Waals surface area (Å²) in [4.78, 5) is 0. The topological polar surface area (TPSA) is 21.3 Å². The zero-order valence-electron chi connectivity index (χ0n) is 11.9. The Morgan fingerprint density at radius 3 is 2.47 bits per heavy atom. The van der Waals surface area contributed by atoms with Crippen LogP contribution in [0.5, 0.6) is 5.75 Å². The van der Waals surface area contributed by atoms with Crippen LogP contribution in [0.15, 0.2) is 18.2 Å². The zero-order valence-corrected chi connectivity index (χ0v) is 11.9. The molecule has 0 aliphatic rings. The molecule has 1 atom stereocenters. The third kappa shape index (κ3) is 6.01. The Labute approximate surface area is 114 Å². The molecule has 108 valence electrons. The number of hydrogen-bond donors (Lipinski definition) is 1. The predicted octanol–water partition coefficient (Wildman–Crippen LogP) is 3.76. The minimum absolute atomic E-state index is 0.0198. The van der Waals surface area contributed by atoms with Crippen LogP contribution in [0, 0.1) is 17.6 Å². The van der Waals surface area contributed by atoms with Crippen LogP contribution in [0.3, 0.4) is 0 Å². The van der Waals surface area contributed by atoms with E-state index in [0.29, 0.717) is 18.2 Å². The number of halogens is 2. The Morgan fingerprint density at radius 2 is 1.89 bits per heavy atom. The Kier molecular flexibility index (Phi) is 6.78. The summed E-state index contributed by atoms with van der Waals surface area (Å²) in [6, 6.07) is 3.65. The minimum Gasteiger partial charge on any atom is -0.489 e. The van der Waals surface area contributed by atoms with E-state index in [1.54, 1.807) is 0 Å². The van der Waals surface area contributed by atoms with Crippen molar-refractivity contribution in [2.24, 2.45) is 5.92 Å². The molecule has 4 heteroatoms. The van der Waals surface area contributed by atoms with Crippen LogP contribution in [-0.4, -0.2) is 19.2 Å². The average Bonchev–Trinajstić information content (AvgIpc) is 2.33. The summed E-state index contributed by atoms with van der Waals surface area (Å²) in [6.07, 6.45) is 1.84. The molecule has 0 bridgehead atoms. The maximum Gasteiger partial charge on any atom is 0.162 e. The van der Waals surface area contributed by atoms with Gasteiger partial charge < -0.3 is 10.1 Å². The summed E-state index contributed by atoms with van der Waals surface area (Å²) in [7, 11) is 0. The van der Waals surface area contributed by atoms with Crippen molar-refractivity contribution in [2.45, 2.75) is 39.7 Å². The van der Waals surface area contributed by atoms with Gasteiger partial charge in [0.05, 0.1) is 0 Å². The summed E-state index contributed by atoms with van der Waals surface area (Å²) in [6.45, 7) is 7.98. The van der Waals surface area contributed by atoms with Gasteiger partial charge in [-0.05, 0) is 31.0 Å². The Hall–Kier alpha value is -1.16. The van der Waals surface area contributed by atoms with Gasteiger partial charge >= 0.3 is 0 Å². The summed E-state index contributed by atoms with van der Waals surface area (Å²) in [5.41, 5.74) is 0. The standard InChI is InChI=1S/C15H23F2NO/c1-4-5-13(10-18-9-11(2)3)19-12-6-7-14(16)15(17)8-12/h6-8,11,13,18H,4-5,9-10H2,1-3H3. The van der Waals surface area contributed by atoms with E-state index in [2.05, 4.69) is 26.1 Å². The second-order valence-electron chi connectivity index (χ2n) is 5.16. The second kappa shape index (κ2) is 8.10. The fourth-order valence-corrected chi connectivity index (χ4v) is 1.80. The van der Waals surface area contributed by atoms with Crippen molar-refractivity contribution < 1.29 is 13.5 Å². The van der Waals surface area contributed by atoms with Gasteiger partial charge in [-0.2, -0.15) is 0 Å². The highest BCUT2D eigenvalue weighted by Gasteiger charge is 2.11. The lowest BCUT2D eigenvalue weighted by Crippen LogP contribution is -2.33. The lowest BCUT2D eigenvalue weighted by atomic mass is 10.2. The SMILES string of the molecule is CCCC(CNCC(C)C)Oc1ccc(F)c(F)c1. The third-order valence-electron chi connectivity index (χ3n) is 2.73. The zero-order chi connectivity index (χ0) is 14.3. The van der Waals surface area contributed by atoms with Crippen molar-refractivity contribution in [1.82, 2.24) is 5.32 Å². The average molecular weight is 271 g/mol. The molecule has 19 heavy (non-hydrogen) atoms. The van der Waals surface area contributed by atoms with Gasteiger partial charge in [0.25, 0.3) is 0 Å². The second-order valence-corrected chi connectivity index (χ2v) is 5.16. The van der Waals surface area contributed by atoms with E-state index in [4.69, 9.17) is 4.74 Å². The number of nitrogens with one attached hydrogen (secondary N) is 1. The van der Waals surface area contributed by atoms with E-state index < -0.39 is 11.6 Å². The van der Waals surface area contributed by atoms with Gasteiger partial charge in [-0.3, -0.25) is 0 Å².